The lowest BCUT2D eigenvalue weighted by atomic mass is 10.1. The second kappa shape index (κ2) is 7.15. The molecule has 0 saturated carbocycles. The van der Waals surface area contributed by atoms with Crippen LogP contribution in [0.5, 0.6) is 5.75 Å². The van der Waals surface area contributed by atoms with Gasteiger partial charge in [-0.2, -0.15) is 0 Å². The Kier molecular flexibility index (Phi) is 5.76. The summed E-state index contributed by atoms with van der Waals surface area (Å²) in [7, 11) is 0. The largest absolute Gasteiger partial charge is 0.494 e. The van der Waals surface area contributed by atoms with Crippen molar-refractivity contribution < 1.29 is 4.74 Å². The maximum Gasteiger partial charge on any atom is 0.121 e. The van der Waals surface area contributed by atoms with Crippen molar-refractivity contribution in [3.8, 4) is 5.75 Å². The zero-order valence-corrected chi connectivity index (χ0v) is 10.6. The lowest BCUT2D eigenvalue weighted by Gasteiger charge is -2.15. The quantitative estimate of drug-likeness (QED) is 0.749. The molecule has 0 spiro atoms. The van der Waals surface area contributed by atoms with Crippen LogP contribution >= 0.6 is 0 Å². The van der Waals surface area contributed by atoms with Gasteiger partial charge in [0.25, 0.3) is 0 Å². The molecule has 16 heavy (non-hydrogen) atoms. The van der Waals surface area contributed by atoms with Crippen molar-refractivity contribution in [2.45, 2.75) is 46.1 Å². The summed E-state index contributed by atoms with van der Waals surface area (Å²) in [5.74, 6) is 0.940. The van der Waals surface area contributed by atoms with E-state index in [-0.39, 0.29) is 0 Å². The van der Waals surface area contributed by atoms with Crippen LogP contribution in [0.2, 0.25) is 0 Å². The van der Waals surface area contributed by atoms with Gasteiger partial charge < -0.3 is 10.1 Å². The van der Waals surface area contributed by atoms with Crippen molar-refractivity contribution in [1.29, 1.82) is 0 Å². The molecule has 0 aromatic heterocycles. The van der Waals surface area contributed by atoms with Gasteiger partial charge in [0, 0.05) is 17.8 Å². The summed E-state index contributed by atoms with van der Waals surface area (Å²) in [6, 6.07) is 8.69. The Bertz CT molecular complexity index is 299. The zero-order valence-electron chi connectivity index (χ0n) is 10.6. The molecule has 1 atom stereocenters. The van der Waals surface area contributed by atoms with Gasteiger partial charge in [-0.15, -0.1) is 0 Å². The highest BCUT2D eigenvalue weighted by Crippen LogP contribution is 2.18. The first-order valence-corrected chi connectivity index (χ1v) is 6.25. The number of ether oxygens (including phenoxy) is 1. The predicted molar refractivity (Wildman–Crippen MR) is 70.2 cm³/mol. The van der Waals surface area contributed by atoms with Crippen LogP contribution in [0.1, 0.15) is 40.0 Å². The molecular formula is C14H23NO. The van der Waals surface area contributed by atoms with Crippen LogP contribution in [-0.4, -0.2) is 12.6 Å². The van der Waals surface area contributed by atoms with E-state index in [9.17, 15) is 0 Å². The standard InChI is InChI=1S/C14H23NO/c1-4-6-8-12(3)15-13-9-7-10-14(11-13)16-5-2/h7,9-12,15H,4-6,8H2,1-3H3. The number of hydrogen-bond acceptors (Lipinski definition) is 2. The Labute approximate surface area is 99.0 Å². The van der Waals surface area contributed by atoms with E-state index in [4.69, 9.17) is 4.74 Å². The number of hydrogen-bond donors (Lipinski definition) is 1. The molecule has 0 saturated heterocycles. The fourth-order valence-electron chi connectivity index (χ4n) is 1.71. The van der Waals surface area contributed by atoms with Crippen molar-refractivity contribution >= 4 is 5.69 Å². The fourth-order valence-corrected chi connectivity index (χ4v) is 1.71. The average Bonchev–Trinajstić information content (AvgIpc) is 2.27. The van der Waals surface area contributed by atoms with Gasteiger partial charge in [0.05, 0.1) is 6.61 Å². The fraction of sp³-hybridized carbons (Fsp3) is 0.571. The van der Waals surface area contributed by atoms with Crippen LogP contribution in [0.25, 0.3) is 0 Å². The molecule has 1 unspecified atom stereocenters. The molecule has 0 bridgehead atoms. The van der Waals surface area contributed by atoms with E-state index in [1.54, 1.807) is 0 Å². The highest BCUT2D eigenvalue weighted by atomic mass is 16.5. The monoisotopic (exact) mass is 221 g/mol. The van der Waals surface area contributed by atoms with E-state index in [0.29, 0.717) is 6.04 Å². The normalized spacial score (nSPS) is 12.2. The summed E-state index contributed by atoms with van der Waals surface area (Å²) in [5, 5.41) is 3.50. The van der Waals surface area contributed by atoms with Crippen molar-refractivity contribution in [1.82, 2.24) is 0 Å². The minimum absolute atomic E-state index is 0.525. The molecule has 0 aliphatic heterocycles. The molecule has 0 aliphatic carbocycles. The zero-order chi connectivity index (χ0) is 11.8. The van der Waals surface area contributed by atoms with Gasteiger partial charge in [0.2, 0.25) is 0 Å². The maximum atomic E-state index is 5.47. The van der Waals surface area contributed by atoms with E-state index >= 15 is 0 Å². The summed E-state index contributed by atoms with van der Waals surface area (Å²) in [5.41, 5.74) is 1.15. The van der Waals surface area contributed by atoms with E-state index in [1.807, 2.05) is 19.1 Å². The third kappa shape index (κ3) is 4.56. The van der Waals surface area contributed by atoms with Gasteiger partial charge >= 0.3 is 0 Å². The third-order valence-electron chi connectivity index (χ3n) is 2.55. The molecular weight excluding hydrogens is 198 g/mol. The van der Waals surface area contributed by atoms with Crippen LogP contribution in [0.3, 0.4) is 0 Å². The lowest BCUT2D eigenvalue weighted by molar-refractivity contribution is 0.340. The summed E-state index contributed by atoms with van der Waals surface area (Å²) < 4.78 is 5.47. The number of rotatable bonds is 7. The Morgan fingerprint density at radius 3 is 2.81 bits per heavy atom. The Hall–Kier alpha value is -1.18. The molecule has 0 radical (unpaired) electrons. The van der Waals surface area contributed by atoms with Crippen LogP contribution in [0, 0.1) is 0 Å². The van der Waals surface area contributed by atoms with Crippen molar-refractivity contribution in [3.63, 3.8) is 0 Å². The Morgan fingerprint density at radius 2 is 2.12 bits per heavy atom. The molecule has 2 heteroatoms. The molecule has 0 aliphatic rings. The first-order chi connectivity index (χ1) is 7.76. The van der Waals surface area contributed by atoms with E-state index in [2.05, 4.69) is 31.3 Å². The smallest absolute Gasteiger partial charge is 0.121 e. The minimum atomic E-state index is 0.525. The van der Waals surface area contributed by atoms with Crippen LogP contribution < -0.4 is 10.1 Å². The SMILES string of the molecule is CCCCC(C)Nc1cccc(OCC)c1. The predicted octanol–water partition coefficient (Wildman–Crippen LogP) is 4.08. The molecule has 0 heterocycles. The maximum absolute atomic E-state index is 5.47. The second-order valence-electron chi connectivity index (χ2n) is 4.15. The molecule has 1 aromatic rings. The molecule has 0 amide bonds. The summed E-state index contributed by atoms with van der Waals surface area (Å²) in [6.07, 6.45) is 3.75. The lowest BCUT2D eigenvalue weighted by Crippen LogP contribution is -2.14. The van der Waals surface area contributed by atoms with Crippen LogP contribution in [0.15, 0.2) is 24.3 Å². The number of unbranched alkanes of at least 4 members (excludes halogenated alkanes) is 1. The van der Waals surface area contributed by atoms with Crippen molar-refractivity contribution in [2.24, 2.45) is 0 Å². The summed E-state index contributed by atoms with van der Waals surface area (Å²) >= 11 is 0. The highest BCUT2D eigenvalue weighted by molar-refractivity contribution is 5.48. The van der Waals surface area contributed by atoms with Gasteiger partial charge in [-0.1, -0.05) is 25.8 Å². The van der Waals surface area contributed by atoms with Crippen molar-refractivity contribution in [2.75, 3.05) is 11.9 Å². The van der Waals surface area contributed by atoms with Gasteiger partial charge in [0.15, 0.2) is 0 Å². The van der Waals surface area contributed by atoms with Crippen LogP contribution in [-0.2, 0) is 0 Å². The van der Waals surface area contributed by atoms with Gasteiger partial charge in [-0.05, 0) is 32.4 Å². The first-order valence-electron chi connectivity index (χ1n) is 6.25. The molecule has 1 aromatic carbocycles. The number of anilines is 1. The van der Waals surface area contributed by atoms with Crippen molar-refractivity contribution in [3.05, 3.63) is 24.3 Å². The molecule has 1 N–H and O–H groups in total. The molecule has 90 valence electrons. The topological polar surface area (TPSA) is 21.3 Å². The average molecular weight is 221 g/mol. The van der Waals surface area contributed by atoms with E-state index < -0.39 is 0 Å². The van der Waals surface area contributed by atoms with Gasteiger partial charge in [0.1, 0.15) is 5.75 Å². The third-order valence-corrected chi connectivity index (χ3v) is 2.55. The minimum Gasteiger partial charge on any atom is -0.494 e. The molecule has 2 nitrogen and oxygen atoms in total. The van der Waals surface area contributed by atoms with Gasteiger partial charge in [-0.3, -0.25) is 0 Å². The Morgan fingerprint density at radius 1 is 1.31 bits per heavy atom. The van der Waals surface area contributed by atoms with Gasteiger partial charge in [-0.25, -0.2) is 0 Å². The first kappa shape index (κ1) is 12.9. The van der Waals surface area contributed by atoms with E-state index in [1.165, 1.54) is 19.3 Å². The Balaban J connectivity index is 2.49. The van der Waals surface area contributed by atoms with Crippen LogP contribution in [0.4, 0.5) is 5.69 Å². The second-order valence-corrected chi connectivity index (χ2v) is 4.15. The number of benzene rings is 1. The van der Waals surface area contributed by atoms with E-state index in [0.717, 1.165) is 18.0 Å². The molecule has 1 rings (SSSR count). The highest BCUT2D eigenvalue weighted by Gasteiger charge is 2.02. The summed E-state index contributed by atoms with van der Waals surface area (Å²) in [4.78, 5) is 0. The molecule has 0 fully saturated rings. The summed E-state index contributed by atoms with van der Waals surface area (Å²) in [6.45, 7) is 7.17. The number of nitrogens with one attached hydrogen (secondary N) is 1.